The number of halogens is 3. The third-order valence-corrected chi connectivity index (χ3v) is 8.39. The highest BCUT2D eigenvalue weighted by Gasteiger charge is 2.23. The van der Waals surface area contributed by atoms with Crippen LogP contribution in [0.3, 0.4) is 0 Å². The van der Waals surface area contributed by atoms with Crippen LogP contribution in [0.2, 0.25) is 35.7 Å². The van der Waals surface area contributed by atoms with Gasteiger partial charge in [-0.25, -0.2) is 9.37 Å². The van der Waals surface area contributed by atoms with Gasteiger partial charge in [0.2, 0.25) is 0 Å². The first-order valence-electron chi connectivity index (χ1n) is 12.2. The van der Waals surface area contributed by atoms with Crippen LogP contribution in [0.4, 0.5) is 10.1 Å². The average Bonchev–Trinajstić information content (AvgIpc) is 3.25. The molecular formula is C28H28Cl2FN3O4Si. The highest BCUT2D eigenvalue weighted by atomic mass is 35.5. The number of rotatable bonds is 10. The predicted molar refractivity (Wildman–Crippen MR) is 155 cm³/mol. The number of pyridine rings is 1. The van der Waals surface area contributed by atoms with Gasteiger partial charge >= 0.3 is 0 Å². The van der Waals surface area contributed by atoms with Crippen LogP contribution in [-0.4, -0.2) is 43.0 Å². The molecule has 204 valence electrons. The Balaban J connectivity index is 1.59. The second kappa shape index (κ2) is 11.9. The number of carbonyl (C=O) groups excluding carboxylic acids is 2. The van der Waals surface area contributed by atoms with Crippen LogP contribution in [0.1, 0.15) is 26.3 Å². The van der Waals surface area contributed by atoms with Gasteiger partial charge in [-0.3, -0.25) is 9.59 Å². The van der Waals surface area contributed by atoms with Gasteiger partial charge in [-0.2, -0.15) is 0 Å². The molecule has 4 aromatic rings. The number of methoxy groups -OCH3 is 1. The summed E-state index contributed by atoms with van der Waals surface area (Å²) in [5, 5.41) is 3.67. The average molecular weight is 589 g/mol. The van der Waals surface area contributed by atoms with E-state index in [1.807, 2.05) is 0 Å². The maximum atomic E-state index is 13.7. The minimum Gasteiger partial charge on any atom is -0.496 e. The number of fused-ring (bicyclic) bond motifs is 1. The molecule has 7 nitrogen and oxygen atoms in total. The van der Waals surface area contributed by atoms with Crippen molar-refractivity contribution >= 4 is 59.7 Å². The van der Waals surface area contributed by atoms with Crippen molar-refractivity contribution in [2.75, 3.05) is 19.0 Å². The maximum Gasteiger partial charge on any atom is 0.259 e. The molecule has 11 heteroatoms. The molecule has 2 aromatic heterocycles. The fourth-order valence-corrected chi connectivity index (χ4v) is 5.23. The number of hydrogen-bond acceptors (Lipinski definition) is 5. The topological polar surface area (TPSA) is 82.5 Å². The second-order valence-electron chi connectivity index (χ2n) is 10.2. The third-order valence-electron chi connectivity index (χ3n) is 6.06. The van der Waals surface area contributed by atoms with Crippen LogP contribution in [0, 0.1) is 5.82 Å². The summed E-state index contributed by atoms with van der Waals surface area (Å²) < 4.78 is 26.5. The minimum absolute atomic E-state index is 0.0239. The number of nitrogens with one attached hydrogen (secondary N) is 1. The van der Waals surface area contributed by atoms with Crippen molar-refractivity contribution in [3.8, 4) is 5.75 Å². The number of anilines is 1. The molecule has 39 heavy (non-hydrogen) atoms. The predicted octanol–water partition coefficient (Wildman–Crippen LogP) is 7.29. The van der Waals surface area contributed by atoms with Gasteiger partial charge in [-0.1, -0.05) is 42.8 Å². The lowest BCUT2D eigenvalue weighted by Crippen LogP contribution is -2.22. The van der Waals surface area contributed by atoms with E-state index in [9.17, 15) is 14.0 Å². The number of amides is 1. The molecule has 0 unspecified atom stereocenters. The van der Waals surface area contributed by atoms with E-state index < -0.39 is 19.8 Å². The molecule has 0 aliphatic heterocycles. The number of benzene rings is 2. The lowest BCUT2D eigenvalue weighted by molar-refractivity contribution is 0.0896. The summed E-state index contributed by atoms with van der Waals surface area (Å²) in [6.07, 6.45) is 3.25. The molecular weight excluding hydrogens is 560 g/mol. The highest BCUT2D eigenvalue weighted by Crippen LogP contribution is 2.32. The van der Waals surface area contributed by atoms with Crippen molar-refractivity contribution < 1.29 is 23.5 Å². The van der Waals surface area contributed by atoms with Crippen LogP contribution >= 0.6 is 23.2 Å². The molecule has 0 spiro atoms. The van der Waals surface area contributed by atoms with Gasteiger partial charge in [0.05, 0.1) is 28.3 Å². The molecule has 2 aromatic carbocycles. The Kier molecular flexibility index (Phi) is 8.75. The molecule has 4 rings (SSSR count). The maximum absolute atomic E-state index is 13.7. The number of ether oxygens (including phenoxy) is 2. The summed E-state index contributed by atoms with van der Waals surface area (Å²) in [6.45, 7) is 7.67. The fraction of sp³-hybridized carbons (Fsp3) is 0.250. The van der Waals surface area contributed by atoms with E-state index in [0.29, 0.717) is 33.9 Å². The van der Waals surface area contributed by atoms with E-state index in [-0.39, 0.29) is 34.4 Å². The van der Waals surface area contributed by atoms with Crippen molar-refractivity contribution in [3.63, 3.8) is 0 Å². The number of aromatic nitrogens is 2. The van der Waals surface area contributed by atoms with Crippen molar-refractivity contribution in [2.24, 2.45) is 0 Å². The SMILES string of the molecule is COc1ccc(F)cc1C(=O)Nc1ccc(C(=O)c2cn(COCC[Si](C)(C)C)c3nccc(Cl)c23)c(Cl)c1. The van der Waals surface area contributed by atoms with Crippen molar-refractivity contribution in [1.82, 2.24) is 9.55 Å². The van der Waals surface area contributed by atoms with Crippen LogP contribution in [0.25, 0.3) is 11.0 Å². The highest BCUT2D eigenvalue weighted by molar-refractivity contribution is 6.76. The van der Waals surface area contributed by atoms with E-state index in [4.69, 9.17) is 32.7 Å². The fourth-order valence-electron chi connectivity index (χ4n) is 3.97. The van der Waals surface area contributed by atoms with Crippen LogP contribution in [0.5, 0.6) is 5.75 Å². The molecule has 2 heterocycles. The van der Waals surface area contributed by atoms with E-state index in [2.05, 4.69) is 29.9 Å². The lowest BCUT2D eigenvalue weighted by Gasteiger charge is -2.15. The normalized spacial score (nSPS) is 11.6. The molecule has 0 aliphatic carbocycles. The largest absolute Gasteiger partial charge is 0.496 e. The Morgan fingerprint density at radius 3 is 2.49 bits per heavy atom. The molecule has 0 bridgehead atoms. The summed E-state index contributed by atoms with van der Waals surface area (Å²) in [5.74, 6) is -1.30. The van der Waals surface area contributed by atoms with E-state index in [1.165, 1.54) is 31.4 Å². The first-order valence-corrected chi connectivity index (χ1v) is 16.6. The first kappa shape index (κ1) is 28.8. The Morgan fingerprint density at radius 2 is 1.79 bits per heavy atom. The number of carbonyl (C=O) groups is 2. The molecule has 0 fully saturated rings. The van der Waals surface area contributed by atoms with Gasteiger partial charge in [0.1, 0.15) is 23.9 Å². The molecule has 0 atom stereocenters. The zero-order valence-electron chi connectivity index (χ0n) is 22.0. The number of ketones is 1. The third kappa shape index (κ3) is 6.67. The monoisotopic (exact) mass is 587 g/mol. The van der Waals surface area contributed by atoms with Gasteiger partial charge in [-0.15, -0.1) is 0 Å². The molecule has 1 N–H and O–H groups in total. The van der Waals surface area contributed by atoms with E-state index in [0.717, 1.165) is 12.1 Å². The van der Waals surface area contributed by atoms with E-state index in [1.54, 1.807) is 29.1 Å². The van der Waals surface area contributed by atoms with Crippen LogP contribution < -0.4 is 10.1 Å². The van der Waals surface area contributed by atoms with Crippen molar-refractivity contribution in [3.05, 3.63) is 87.4 Å². The summed E-state index contributed by atoms with van der Waals surface area (Å²) >= 11 is 13.0. The number of nitrogens with zero attached hydrogens (tertiary/aromatic N) is 2. The van der Waals surface area contributed by atoms with Gasteiger partial charge in [-0.05, 0) is 48.5 Å². The smallest absolute Gasteiger partial charge is 0.259 e. The molecule has 0 saturated heterocycles. The molecule has 0 aliphatic rings. The van der Waals surface area contributed by atoms with Gasteiger partial charge < -0.3 is 19.4 Å². The number of hydrogen-bond donors (Lipinski definition) is 1. The Morgan fingerprint density at radius 1 is 1.03 bits per heavy atom. The quantitative estimate of drug-likeness (QED) is 0.120. The Labute approximate surface area is 236 Å². The Bertz CT molecular complexity index is 1550. The van der Waals surface area contributed by atoms with E-state index >= 15 is 0 Å². The van der Waals surface area contributed by atoms with Crippen LogP contribution in [0.15, 0.2) is 54.9 Å². The zero-order chi connectivity index (χ0) is 28.3. The summed E-state index contributed by atoms with van der Waals surface area (Å²) in [4.78, 5) is 30.8. The lowest BCUT2D eigenvalue weighted by atomic mass is 10.0. The minimum atomic E-state index is -1.25. The Hall–Kier alpha value is -3.24. The summed E-state index contributed by atoms with van der Waals surface area (Å²) in [6, 6.07) is 10.8. The standard InChI is InChI=1S/C28H28Cl2FN3O4Si/c1-37-24-8-5-17(31)13-20(24)28(36)33-18-6-7-19(23(30)14-18)26(35)21-15-34(16-38-11-12-39(2,3)4)27-25(21)22(29)9-10-32-27/h5-10,13-15H,11-12,16H2,1-4H3,(H,33,36). The van der Waals surface area contributed by atoms with Crippen molar-refractivity contribution in [1.29, 1.82) is 0 Å². The molecule has 0 radical (unpaired) electrons. The van der Waals surface area contributed by atoms with Gasteiger partial charge in [0.15, 0.2) is 5.78 Å². The van der Waals surface area contributed by atoms with Crippen LogP contribution in [-0.2, 0) is 11.5 Å². The summed E-state index contributed by atoms with van der Waals surface area (Å²) in [7, 11) is 0.137. The van der Waals surface area contributed by atoms with Gasteiger partial charge in [0, 0.05) is 43.7 Å². The second-order valence-corrected chi connectivity index (χ2v) is 16.6. The summed E-state index contributed by atoms with van der Waals surface area (Å²) in [5.41, 5.74) is 1.43. The van der Waals surface area contributed by atoms with Gasteiger partial charge in [0.25, 0.3) is 5.91 Å². The molecule has 0 saturated carbocycles. The van der Waals surface area contributed by atoms with Crippen molar-refractivity contribution in [2.45, 2.75) is 32.4 Å². The molecule has 1 amide bonds. The zero-order valence-corrected chi connectivity index (χ0v) is 24.5. The first-order chi connectivity index (χ1) is 18.5.